The van der Waals surface area contributed by atoms with Gasteiger partial charge < -0.3 is 9.52 Å². The number of nitrogens with zero attached hydrogens (tertiary/aromatic N) is 2. The Morgan fingerprint density at radius 3 is 2.75 bits per heavy atom. The van der Waals surface area contributed by atoms with Gasteiger partial charge in [-0.15, -0.1) is 0 Å². The van der Waals surface area contributed by atoms with Gasteiger partial charge in [-0.2, -0.15) is 0 Å². The van der Waals surface area contributed by atoms with Gasteiger partial charge in [0.1, 0.15) is 10.7 Å². The molecule has 1 N–H and O–H groups in total. The van der Waals surface area contributed by atoms with Gasteiger partial charge in [0.15, 0.2) is 0 Å². The van der Waals surface area contributed by atoms with Gasteiger partial charge in [0, 0.05) is 6.54 Å². The highest BCUT2D eigenvalue weighted by Gasteiger charge is 2.47. The molecule has 0 amide bonds. The number of aliphatic carboxylic acids is 1. The molecule has 1 unspecified atom stereocenters. The monoisotopic (exact) mass is 282 g/mol. The van der Waals surface area contributed by atoms with Crippen LogP contribution in [0.2, 0.25) is 0 Å². The van der Waals surface area contributed by atoms with Crippen molar-refractivity contribution in [2.45, 2.75) is 26.8 Å². The van der Waals surface area contributed by atoms with E-state index in [2.05, 4.69) is 0 Å². The molecule has 1 aliphatic heterocycles. The van der Waals surface area contributed by atoms with Crippen molar-refractivity contribution >= 4 is 11.9 Å². The van der Waals surface area contributed by atoms with Gasteiger partial charge in [-0.3, -0.25) is 19.8 Å². The zero-order valence-corrected chi connectivity index (χ0v) is 11.5. The molecule has 0 spiro atoms. The van der Waals surface area contributed by atoms with Gasteiger partial charge >= 0.3 is 11.9 Å². The van der Waals surface area contributed by atoms with Crippen LogP contribution in [0.4, 0.5) is 5.88 Å². The van der Waals surface area contributed by atoms with Gasteiger partial charge in [0.2, 0.25) is 0 Å². The molecule has 1 fully saturated rings. The highest BCUT2D eigenvalue weighted by atomic mass is 16.6. The van der Waals surface area contributed by atoms with E-state index in [1.54, 1.807) is 6.07 Å². The first kappa shape index (κ1) is 14.5. The largest absolute Gasteiger partial charge is 0.481 e. The number of hydrogen-bond acceptors (Lipinski definition) is 5. The summed E-state index contributed by atoms with van der Waals surface area (Å²) >= 11 is 0. The fraction of sp³-hybridized carbons (Fsp3) is 0.615. The summed E-state index contributed by atoms with van der Waals surface area (Å²) in [6.45, 7) is 5.31. The zero-order chi connectivity index (χ0) is 14.9. The third-order valence-electron chi connectivity index (χ3n) is 4.12. The lowest BCUT2D eigenvalue weighted by Crippen LogP contribution is -2.39. The van der Waals surface area contributed by atoms with E-state index in [1.165, 1.54) is 6.07 Å². The minimum Gasteiger partial charge on any atom is -0.481 e. The molecule has 110 valence electrons. The minimum atomic E-state index is -0.777. The molecule has 1 aliphatic rings. The summed E-state index contributed by atoms with van der Waals surface area (Å²) in [4.78, 5) is 23.5. The van der Waals surface area contributed by atoms with Crippen LogP contribution in [0, 0.1) is 21.4 Å². The van der Waals surface area contributed by atoms with E-state index in [0.29, 0.717) is 31.8 Å². The molecule has 1 aromatic rings. The summed E-state index contributed by atoms with van der Waals surface area (Å²) in [5.74, 6) is -0.537. The van der Waals surface area contributed by atoms with Crippen molar-refractivity contribution in [2.24, 2.45) is 11.3 Å². The maximum Gasteiger partial charge on any atom is 0.433 e. The Morgan fingerprint density at radius 1 is 1.60 bits per heavy atom. The Hall–Kier alpha value is -1.89. The molecular weight excluding hydrogens is 264 g/mol. The van der Waals surface area contributed by atoms with Gasteiger partial charge in [-0.05, 0) is 24.9 Å². The highest BCUT2D eigenvalue weighted by molar-refractivity contribution is 5.75. The molecule has 0 radical (unpaired) electrons. The third-order valence-corrected chi connectivity index (χ3v) is 4.12. The Bertz CT molecular complexity index is 525. The molecule has 0 bridgehead atoms. The number of rotatable bonds is 5. The highest BCUT2D eigenvalue weighted by Crippen LogP contribution is 2.38. The van der Waals surface area contributed by atoms with Crippen molar-refractivity contribution in [2.75, 3.05) is 13.1 Å². The maximum atomic E-state index is 11.5. The molecule has 0 aliphatic carbocycles. The quantitative estimate of drug-likeness (QED) is 0.656. The van der Waals surface area contributed by atoms with Crippen molar-refractivity contribution in [1.29, 1.82) is 0 Å². The van der Waals surface area contributed by atoms with Crippen LogP contribution < -0.4 is 0 Å². The molecule has 0 aromatic carbocycles. The van der Waals surface area contributed by atoms with Crippen LogP contribution in [0.5, 0.6) is 0 Å². The van der Waals surface area contributed by atoms with Crippen LogP contribution in [0.3, 0.4) is 0 Å². The smallest absolute Gasteiger partial charge is 0.433 e. The van der Waals surface area contributed by atoms with Gasteiger partial charge in [-0.1, -0.05) is 13.8 Å². The summed E-state index contributed by atoms with van der Waals surface area (Å²) in [5.41, 5.74) is -0.738. The van der Waals surface area contributed by atoms with Gasteiger partial charge in [-0.25, -0.2) is 0 Å². The molecule has 2 heterocycles. The second kappa shape index (κ2) is 5.24. The number of carboxylic acids is 1. The first-order valence-electron chi connectivity index (χ1n) is 6.54. The molecule has 1 atom stereocenters. The van der Waals surface area contributed by atoms with E-state index in [1.807, 2.05) is 18.7 Å². The Kier molecular flexibility index (Phi) is 3.80. The predicted molar refractivity (Wildman–Crippen MR) is 70.2 cm³/mol. The van der Waals surface area contributed by atoms with Crippen LogP contribution in [0.15, 0.2) is 16.5 Å². The summed E-state index contributed by atoms with van der Waals surface area (Å²) in [6, 6.07) is 2.88. The predicted octanol–water partition coefficient (Wildman–Crippen LogP) is 2.12. The number of hydrogen-bond donors (Lipinski definition) is 1. The van der Waals surface area contributed by atoms with Gasteiger partial charge in [0.05, 0.1) is 18.0 Å². The molecule has 1 aromatic heterocycles. The lowest BCUT2D eigenvalue weighted by atomic mass is 9.76. The molecule has 0 saturated carbocycles. The number of carbonyl (C=O) groups is 1. The average molecular weight is 282 g/mol. The number of carboxylic acid groups (broad SMARTS) is 1. The Balaban J connectivity index is 2.05. The summed E-state index contributed by atoms with van der Waals surface area (Å²) in [6.07, 6.45) is 0.586. The van der Waals surface area contributed by atoms with Crippen molar-refractivity contribution in [3.05, 3.63) is 28.0 Å². The van der Waals surface area contributed by atoms with Crippen LogP contribution in [-0.4, -0.2) is 34.0 Å². The van der Waals surface area contributed by atoms with Crippen molar-refractivity contribution in [3.8, 4) is 0 Å². The van der Waals surface area contributed by atoms with Crippen molar-refractivity contribution in [3.63, 3.8) is 0 Å². The fourth-order valence-corrected chi connectivity index (χ4v) is 2.71. The Morgan fingerprint density at radius 2 is 2.30 bits per heavy atom. The molecule has 7 heteroatoms. The lowest BCUT2D eigenvalue weighted by molar-refractivity contribution is -0.402. The van der Waals surface area contributed by atoms with Crippen molar-refractivity contribution < 1.29 is 19.2 Å². The third kappa shape index (κ3) is 2.53. The summed E-state index contributed by atoms with van der Waals surface area (Å²) in [5, 5.41) is 20.0. The molecule has 1 saturated heterocycles. The second-order valence-corrected chi connectivity index (χ2v) is 5.57. The normalized spacial score (nSPS) is 23.4. The topological polar surface area (TPSA) is 96.8 Å². The molecule has 20 heavy (non-hydrogen) atoms. The van der Waals surface area contributed by atoms with E-state index < -0.39 is 16.3 Å². The maximum absolute atomic E-state index is 11.5. The lowest BCUT2D eigenvalue weighted by Gasteiger charge is -2.28. The first-order chi connectivity index (χ1) is 9.35. The van der Waals surface area contributed by atoms with Crippen LogP contribution >= 0.6 is 0 Å². The zero-order valence-electron chi connectivity index (χ0n) is 11.5. The summed E-state index contributed by atoms with van der Waals surface area (Å²) in [7, 11) is 0. The minimum absolute atomic E-state index is 0.0379. The number of nitro groups is 1. The molecule has 2 rings (SSSR count). The standard InChI is InChI=1S/C13H18N2O5/c1-9(2)13(12(16)17)5-6-14(8-13)7-10-3-4-11(20-10)15(18)19/h3-4,9H,5-8H2,1-2H3,(H,16,17). The second-order valence-electron chi connectivity index (χ2n) is 5.57. The Labute approximate surface area is 116 Å². The van der Waals surface area contributed by atoms with E-state index in [-0.39, 0.29) is 11.8 Å². The summed E-state index contributed by atoms with van der Waals surface area (Å²) < 4.78 is 5.11. The van der Waals surface area contributed by atoms with Crippen molar-refractivity contribution in [1.82, 2.24) is 4.90 Å². The van der Waals surface area contributed by atoms with Gasteiger partial charge in [0.25, 0.3) is 0 Å². The molecule has 7 nitrogen and oxygen atoms in total. The van der Waals surface area contributed by atoms with E-state index in [9.17, 15) is 20.0 Å². The van der Waals surface area contributed by atoms with E-state index in [0.717, 1.165) is 0 Å². The molecular formula is C13H18N2O5. The van der Waals surface area contributed by atoms with Crippen LogP contribution in [0.25, 0.3) is 0 Å². The van der Waals surface area contributed by atoms with Crippen LogP contribution in [0.1, 0.15) is 26.0 Å². The van der Waals surface area contributed by atoms with Crippen LogP contribution in [-0.2, 0) is 11.3 Å². The van der Waals surface area contributed by atoms with E-state index >= 15 is 0 Å². The fourth-order valence-electron chi connectivity index (χ4n) is 2.71. The number of furan rings is 1. The average Bonchev–Trinajstić information content (AvgIpc) is 2.96. The van der Waals surface area contributed by atoms with E-state index in [4.69, 9.17) is 4.42 Å². The first-order valence-corrected chi connectivity index (χ1v) is 6.54. The number of likely N-dealkylation sites (tertiary alicyclic amines) is 1. The SMILES string of the molecule is CC(C)C1(C(=O)O)CCN(Cc2ccc([N+](=O)[O-])o2)C1.